The van der Waals surface area contributed by atoms with Gasteiger partial charge in [-0.3, -0.25) is 20.4 Å². The smallest absolute Gasteiger partial charge is 0.273 e. The van der Waals surface area contributed by atoms with Gasteiger partial charge in [0.2, 0.25) is 0 Å². The Morgan fingerprint density at radius 1 is 0.767 bits per heavy atom. The van der Waals surface area contributed by atoms with Gasteiger partial charge in [0.25, 0.3) is 11.8 Å². The first-order valence-electron chi connectivity index (χ1n) is 9.76. The molecular formula is C24H24N2O4. The summed E-state index contributed by atoms with van der Waals surface area (Å²) in [5, 5.41) is 0. The predicted octanol–water partition coefficient (Wildman–Crippen LogP) is 4.13. The topological polar surface area (TPSA) is 76.7 Å². The molecule has 0 radical (unpaired) electrons. The summed E-state index contributed by atoms with van der Waals surface area (Å²) in [6.45, 7) is 2.94. The molecule has 0 atom stereocenters. The minimum Gasteiger partial charge on any atom is -0.493 e. The molecule has 3 rings (SSSR count). The molecule has 0 aliphatic rings. The summed E-state index contributed by atoms with van der Waals surface area (Å²) >= 11 is 0. The molecule has 2 amide bonds. The molecule has 0 saturated carbocycles. The Morgan fingerprint density at radius 3 is 2.17 bits per heavy atom. The SMILES string of the molecule is CCCOc1ccccc1C(=O)NNC(=O)c1ccc(OCc2ccccc2)cc1. The number of carbonyl (C=O) groups is 2. The van der Waals surface area contributed by atoms with Crippen molar-refractivity contribution < 1.29 is 19.1 Å². The molecule has 6 heteroatoms. The van der Waals surface area contributed by atoms with Crippen molar-refractivity contribution in [3.8, 4) is 11.5 Å². The maximum absolute atomic E-state index is 12.4. The van der Waals surface area contributed by atoms with Gasteiger partial charge in [0.05, 0.1) is 12.2 Å². The lowest BCUT2D eigenvalue weighted by Gasteiger charge is -2.12. The second kappa shape index (κ2) is 10.7. The van der Waals surface area contributed by atoms with E-state index in [1.807, 2.05) is 37.3 Å². The van der Waals surface area contributed by atoms with E-state index in [9.17, 15) is 9.59 Å². The van der Waals surface area contributed by atoms with Crippen molar-refractivity contribution in [1.82, 2.24) is 10.9 Å². The molecular weight excluding hydrogens is 380 g/mol. The van der Waals surface area contributed by atoms with E-state index in [2.05, 4.69) is 10.9 Å². The van der Waals surface area contributed by atoms with Crippen LogP contribution in [0.1, 0.15) is 39.6 Å². The summed E-state index contributed by atoms with van der Waals surface area (Å²) in [6.07, 6.45) is 0.831. The molecule has 0 saturated heterocycles. The molecule has 2 N–H and O–H groups in total. The number of para-hydroxylation sites is 1. The summed E-state index contributed by atoms with van der Waals surface area (Å²) in [7, 11) is 0. The number of rotatable bonds is 8. The largest absolute Gasteiger partial charge is 0.493 e. The van der Waals surface area contributed by atoms with E-state index < -0.39 is 11.8 Å². The van der Waals surface area contributed by atoms with Crippen molar-refractivity contribution in [3.63, 3.8) is 0 Å². The van der Waals surface area contributed by atoms with Crippen molar-refractivity contribution in [2.24, 2.45) is 0 Å². The summed E-state index contributed by atoms with van der Waals surface area (Å²) in [5.41, 5.74) is 6.67. The van der Waals surface area contributed by atoms with Gasteiger partial charge in [-0.25, -0.2) is 0 Å². The van der Waals surface area contributed by atoms with Crippen molar-refractivity contribution >= 4 is 11.8 Å². The van der Waals surface area contributed by atoms with Crippen LogP contribution in [0.15, 0.2) is 78.9 Å². The number of carbonyl (C=O) groups excluding carboxylic acids is 2. The molecule has 0 fully saturated rings. The number of amides is 2. The lowest BCUT2D eigenvalue weighted by atomic mass is 10.2. The highest BCUT2D eigenvalue weighted by Gasteiger charge is 2.13. The minimum absolute atomic E-state index is 0.357. The van der Waals surface area contributed by atoms with Crippen molar-refractivity contribution in [3.05, 3.63) is 95.6 Å². The van der Waals surface area contributed by atoms with E-state index in [0.29, 0.717) is 35.8 Å². The van der Waals surface area contributed by atoms with Crippen LogP contribution in [0.5, 0.6) is 11.5 Å². The second-order valence-corrected chi connectivity index (χ2v) is 6.55. The lowest BCUT2D eigenvalue weighted by molar-refractivity contribution is 0.0844. The van der Waals surface area contributed by atoms with Crippen LogP contribution in [0.25, 0.3) is 0 Å². The van der Waals surface area contributed by atoms with Gasteiger partial charge in [-0.1, -0.05) is 49.4 Å². The van der Waals surface area contributed by atoms with Crippen LogP contribution in [0.2, 0.25) is 0 Å². The number of hydrogen-bond acceptors (Lipinski definition) is 4. The summed E-state index contributed by atoms with van der Waals surface area (Å²) < 4.78 is 11.3. The number of benzene rings is 3. The number of ether oxygens (including phenoxy) is 2. The Labute approximate surface area is 175 Å². The molecule has 0 unspecified atom stereocenters. The quantitative estimate of drug-likeness (QED) is 0.554. The van der Waals surface area contributed by atoms with Gasteiger partial charge in [0.15, 0.2) is 0 Å². The maximum atomic E-state index is 12.4. The Kier molecular flexibility index (Phi) is 7.44. The highest BCUT2D eigenvalue weighted by Crippen LogP contribution is 2.18. The summed E-state index contributed by atoms with van der Waals surface area (Å²) in [5.74, 6) is 0.259. The van der Waals surface area contributed by atoms with Crippen molar-refractivity contribution in [2.75, 3.05) is 6.61 Å². The average molecular weight is 404 g/mol. The summed E-state index contributed by atoms with van der Waals surface area (Å²) in [4.78, 5) is 24.7. The maximum Gasteiger partial charge on any atom is 0.273 e. The molecule has 0 spiro atoms. The van der Waals surface area contributed by atoms with Crippen LogP contribution in [0, 0.1) is 0 Å². The third-order valence-corrected chi connectivity index (χ3v) is 4.25. The monoisotopic (exact) mass is 404 g/mol. The van der Waals surface area contributed by atoms with Gasteiger partial charge in [-0.15, -0.1) is 0 Å². The molecule has 3 aromatic carbocycles. The molecule has 0 heterocycles. The minimum atomic E-state index is -0.446. The van der Waals surface area contributed by atoms with Gasteiger partial charge in [-0.2, -0.15) is 0 Å². The van der Waals surface area contributed by atoms with E-state index in [1.165, 1.54) is 0 Å². The number of nitrogens with one attached hydrogen (secondary N) is 2. The van der Waals surface area contributed by atoms with E-state index in [4.69, 9.17) is 9.47 Å². The van der Waals surface area contributed by atoms with Crippen LogP contribution in [0.3, 0.4) is 0 Å². The van der Waals surface area contributed by atoms with Crippen LogP contribution in [0.4, 0.5) is 0 Å². The van der Waals surface area contributed by atoms with E-state index in [-0.39, 0.29) is 0 Å². The average Bonchev–Trinajstić information content (AvgIpc) is 2.81. The Morgan fingerprint density at radius 2 is 1.43 bits per heavy atom. The van der Waals surface area contributed by atoms with Crippen LogP contribution in [-0.4, -0.2) is 18.4 Å². The standard InChI is InChI=1S/C24H24N2O4/c1-2-16-29-22-11-7-6-10-21(22)24(28)26-25-23(27)19-12-14-20(15-13-19)30-17-18-8-4-3-5-9-18/h3-15H,2,16-17H2,1H3,(H,25,27)(H,26,28). The molecule has 3 aromatic rings. The van der Waals surface area contributed by atoms with Gasteiger partial charge in [0, 0.05) is 5.56 Å². The van der Waals surface area contributed by atoms with Crippen LogP contribution in [-0.2, 0) is 6.61 Å². The fourth-order valence-corrected chi connectivity index (χ4v) is 2.69. The fraction of sp³-hybridized carbons (Fsp3) is 0.167. The second-order valence-electron chi connectivity index (χ2n) is 6.55. The Bertz CT molecular complexity index is 972. The molecule has 6 nitrogen and oxygen atoms in total. The van der Waals surface area contributed by atoms with Gasteiger partial charge >= 0.3 is 0 Å². The Balaban J connectivity index is 1.53. The van der Waals surface area contributed by atoms with Gasteiger partial charge < -0.3 is 9.47 Å². The third-order valence-electron chi connectivity index (χ3n) is 4.25. The van der Waals surface area contributed by atoms with Crippen LogP contribution >= 0.6 is 0 Å². The van der Waals surface area contributed by atoms with E-state index >= 15 is 0 Å². The zero-order chi connectivity index (χ0) is 21.2. The first kappa shape index (κ1) is 20.9. The third kappa shape index (κ3) is 5.85. The predicted molar refractivity (Wildman–Crippen MR) is 114 cm³/mol. The highest BCUT2D eigenvalue weighted by molar-refractivity contribution is 6.00. The molecule has 0 aliphatic heterocycles. The first-order valence-corrected chi connectivity index (χ1v) is 9.76. The molecule has 0 aromatic heterocycles. The molecule has 30 heavy (non-hydrogen) atoms. The molecule has 0 aliphatic carbocycles. The normalized spacial score (nSPS) is 10.2. The Hall–Kier alpha value is -3.80. The van der Waals surface area contributed by atoms with E-state index in [1.54, 1.807) is 48.5 Å². The van der Waals surface area contributed by atoms with Crippen molar-refractivity contribution in [1.29, 1.82) is 0 Å². The van der Waals surface area contributed by atoms with Crippen molar-refractivity contribution in [2.45, 2.75) is 20.0 Å². The zero-order valence-corrected chi connectivity index (χ0v) is 16.8. The number of hydrogen-bond donors (Lipinski definition) is 2. The van der Waals surface area contributed by atoms with Gasteiger partial charge in [0.1, 0.15) is 18.1 Å². The van der Waals surface area contributed by atoms with E-state index in [0.717, 1.165) is 12.0 Å². The summed E-state index contributed by atoms with van der Waals surface area (Å²) in [6, 6.07) is 23.4. The first-order chi connectivity index (χ1) is 14.7. The van der Waals surface area contributed by atoms with Gasteiger partial charge in [-0.05, 0) is 48.4 Å². The lowest BCUT2D eigenvalue weighted by Crippen LogP contribution is -2.41. The fourth-order valence-electron chi connectivity index (χ4n) is 2.69. The molecule has 154 valence electrons. The number of hydrazine groups is 1. The van der Waals surface area contributed by atoms with Crippen LogP contribution < -0.4 is 20.3 Å². The molecule has 0 bridgehead atoms. The zero-order valence-electron chi connectivity index (χ0n) is 16.8. The highest BCUT2D eigenvalue weighted by atomic mass is 16.5.